The number of carbonyl (C=O) groups excluding carboxylic acids is 2. The van der Waals surface area contributed by atoms with Crippen molar-refractivity contribution in [1.29, 1.82) is 0 Å². The lowest BCUT2D eigenvalue weighted by Crippen LogP contribution is -2.57. The van der Waals surface area contributed by atoms with Crippen LogP contribution in [0.2, 0.25) is 0 Å². The van der Waals surface area contributed by atoms with Crippen LogP contribution < -0.4 is 16.8 Å². The van der Waals surface area contributed by atoms with Gasteiger partial charge in [0.1, 0.15) is 0 Å². The summed E-state index contributed by atoms with van der Waals surface area (Å²) in [5.41, 5.74) is 11.9. The summed E-state index contributed by atoms with van der Waals surface area (Å²) in [5.74, 6) is 2.17. The van der Waals surface area contributed by atoms with E-state index in [0.717, 1.165) is 63.2 Å². The predicted molar refractivity (Wildman–Crippen MR) is 126 cm³/mol. The van der Waals surface area contributed by atoms with Gasteiger partial charge in [-0.25, -0.2) is 0 Å². The molecule has 0 aromatic heterocycles. The first-order valence-electron chi connectivity index (χ1n) is 13.6. The zero-order valence-electron chi connectivity index (χ0n) is 19.7. The molecule has 5 aliphatic rings. The Hall–Kier alpha value is -1.14. The molecule has 1 heterocycles. The van der Waals surface area contributed by atoms with Crippen LogP contribution in [0.3, 0.4) is 0 Å². The fourth-order valence-corrected chi connectivity index (χ4v) is 8.30. The second-order valence-corrected chi connectivity index (χ2v) is 11.8. The molecule has 1 aliphatic heterocycles. The van der Waals surface area contributed by atoms with Crippen molar-refractivity contribution < 1.29 is 9.59 Å². The van der Waals surface area contributed by atoms with Crippen LogP contribution in [0.25, 0.3) is 0 Å². The van der Waals surface area contributed by atoms with E-state index in [1.165, 1.54) is 44.9 Å². The average Bonchev–Trinajstić information content (AvgIpc) is 3.19. The zero-order valence-corrected chi connectivity index (χ0v) is 19.7. The Morgan fingerprint density at radius 2 is 1.50 bits per heavy atom. The number of carbonyl (C=O) groups is 2. The minimum atomic E-state index is -0.144. The fourth-order valence-electron chi connectivity index (χ4n) is 8.30. The number of rotatable bonds is 4. The van der Waals surface area contributed by atoms with E-state index in [9.17, 15) is 9.59 Å². The monoisotopic (exact) mass is 444 g/mol. The molecular formula is C26H44N4O2. The number of likely N-dealkylation sites (tertiary alicyclic amines) is 1. The first-order valence-corrected chi connectivity index (χ1v) is 13.6. The summed E-state index contributed by atoms with van der Waals surface area (Å²) in [7, 11) is 0. The number of fused-ring (bicyclic) bond motifs is 2. The molecule has 6 heteroatoms. The van der Waals surface area contributed by atoms with Gasteiger partial charge in [0.15, 0.2) is 0 Å². The van der Waals surface area contributed by atoms with Crippen LogP contribution in [-0.4, -0.2) is 46.9 Å². The fraction of sp³-hybridized carbons (Fsp3) is 0.923. The molecule has 5 fully saturated rings. The summed E-state index contributed by atoms with van der Waals surface area (Å²) in [6.45, 7) is 0. The van der Waals surface area contributed by atoms with Gasteiger partial charge in [-0.2, -0.15) is 0 Å². The van der Waals surface area contributed by atoms with Gasteiger partial charge < -0.3 is 16.8 Å². The van der Waals surface area contributed by atoms with E-state index in [2.05, 4.69) is 10.2 Å². The lowest BCUT2D eigenvalue weighted by molar-refractivity contribution is -0.130. The van der Waals surface area contributed by atoms with Crippen molar-refractivity contribution in [3.05, 3.63) is 0 Å². The summed E-state index contributed by atoms with van der Waals surface area (Å²) in [6.07, 6.45) is 17.0. The molecular weight excluding hydrogens is 400 g/mol. The minimum Gasteiger partial charge on any atom is -0.369 e. The topological polar surface area (TPSA) is 101 Å². The Morgan fingerprint density at radius 1 is 0.750 bits per heavy atom. The van der Waals surface area contributed by atoms with Crippen molar-refractivity contribution in [3.63, 3.8) is 0 Å². The van der Waals surface area contributed by atoms with Gasteiger partial charge in [-0.05, 0) is 82.0 Å². The van der Waals surface area contributed by atoms with E-state index in [1.807, 2.05) is 0 Å². The molecule has 0 aromatic carbocycles. The van der Waals surface area contributed by atoms with Gasteiger partial charge >= 0.3 is 0 Å². The quantitative estimate of drug-likeness (QED) is 0.620. The molecule has 0 bridgehead atoms. The van der Waals surface area contributed by atoms with E-state index in [4.69, 9.17) is 11.5 Å². The smallest absolute Gasteiger partial charge is 0.237 e. The second-order valence-electron chi connectivity index (χ2n) is 11.8. The average molecular weight is 445 g/mol. The predicted octanol–water partition coefficient (Wildman–Crippen LogP) is 3.08. The van der Waals surface area contributed by atoms with Gasteiger partial charge in [-0.15, -0.1) is 0 Å². The largest absolute Gasteiger partial charge is 0.369 e. The third-order valence-electron chi connectivity index (χ3n) is 9.97. The summed E-state index contributed by atoms with van der Waals surface area (Å²) in [6, 6.07) is 1.40. The highest BCUT2D eigenvalue weighted by Crippen LogP contribution is 2.49. The molecule has 32 heavy (non-hydrogen) atoms. The first-order chi connectivity index (χ1) is 15.5. The molecule has 7 atom stereocenters. The number of hydrogen-bond donors (Lipinski definition) is 3. The Morgan fingerprint density at radius 3 is 2.28 bits per heavy atom. The maximum Gasteiger partial charge on any atom is 0.237 e. The molecule has 0 aromatic rings. The van der Waals surface area contributed by atoms with Crippen LogP contribution in [0.5, 0.6) is 0 Å². The third-order valence-corrected chi connectivity index (χ3v) is 9.97. The maximum atomic E-state index is 13.7. The van der Waals surface area contributed by atoms with Crippen molar-refractivity contribution in [2.45, 2.75) is 127 Å². The molecule has 5 N–H and O–H groups in total. The summed E-state index contributed by atoms with van der Waals surface area (Å²) in [4.78, 5) is 28.4. The number of nitrogens with zero attached hydrogens (tertiary/aromatic N) is 1. The van der Waals surface area contributed by atoms with E-state index in [1.54, 1.807) is 0 Å². The van der Waals surface area contributed by atoms with Crippen molar-refractivity contribution in [3.8, 4) is 0 Å². The molecule has 0 radical (unpaired) electrons. The summed E-state index contributed by atoms with van der Waals surface area (Å²) < 4.78 is 0. The van der Waals surface area contributed by atoms with Gasteiger partial charge in [0.25, 0.3) is 0 Å². The van der Waals surface area contributed by atoms with Crippen LogP contribution in [0.15, 0.2) is 0 Å². The van der Waals surface area contributed by atoms with E-state index < -0.39 is 0 Å². The van der Waals surface area contributed by atoms with Crippen LogP contribution in [-0.2, 0) is 9.59 Å². The third kappa shape index (κ3) is 4.46. The number of primary amides is 1. The summed E-state index contributed by atoms with van der Waals surface area (Å²) in [5, 5.41) is 3.44. The standard InChI is InChI=1S/C26H44N4O2/c27-19-10-12-20(13-11-19)29-26(32)24-14-17-8-9-18(25(28)31)15-23(17)30(24)22-7-3-5-16-4-1-2-6-21(16)22/h16-24H,1-15,27H2,(H2,28,31)(H,29,32). The highest BCUT2D eigenvalue weighted by atomic mass is 16.2. The SMILES string of the molecule is NC(=O)C1CCC2CC(C(=O)NC3CCC(N)CC3)N(C3CCCC4CCCCC43)C2C1. The van der Waals surface area contributed by atoms with Crippen LogP contribution >= 0.6 is 0 Å². The van der Waals surface area contributed by atoms with E-state index in [-0.39, 0.29) is 29.8 Å². The van der Waals surface area contributed by atoms with Gasteiger partial charge in [0, 0.05) is 30.1 Å². The Bertz CT molecular complexity index is 689. The van der Waals surface area contributed by atoms with Gasteiger partial charge in [0.05, 0.1) is 6.04 Å². The van der Waals surface area contributed by atoms with Crippen LogP contribution in [0, 0.1) is 23.7 Å². The highest BCUT2D eigenvalue weighted by Gasteiger charge is 2.52. The molecule has 6 nitrogen and oxygen atoms in total. The number of amides is 2. The lowest BCUT2D eigenvalue weighted by Gasteiger charge is -2.49. The Balaban J connectivity index is 1.37. The van der Waals surface area contributed by atoms with Crippen molar-refractivity contribution in [2.75, 3.05) is 0 Å². The highest BCUT2D eigenvalue weighted by molar-refractivity contribution is 5.83. The van der Waals surface area contributed by atoms with E-state index in [0.29, 0.717) is 24.0 Å². The lowest BCUT2D eigenvalue weighted by atomic mass is 9.67. The summed E-state index contributed by atoms with van der Waals surface area (Å²) >= 11 is 0. The molecule has 0 spiro atoms. The molecule has 5 rings (SSSR count). The van der Waals surface area contributed by atoms with Crippen LogP contribution in [0.1, 0.15) is 96.3 Å². The number of nitrogens with one attached hydrogen (secondary N) is 1. The Labute approximate surface area is 193 Å². The molecule has 180 valence electrons. The van der Waals surface area contributed by atoms with Crippen LogP contribution in [0.4, 0.5) is 0 Å². The van der Waals surface area contributed by atoms with Gasteiger partial charge in [-0.1, -0.05) is 32.1 Å². The molecule has 4 saturated carbocycles. The normalized spacial score (nSPS) is 45.0. The Kier molecular flexibility index (Phi) is 6.80. The zero-order chi connectivity index (χ0) is 22.2. The number of nitrogens with two attached hydrogens (primary N) is 2. The molecule has 7 unspecified atom stereocenters. The maximum absolute atomic E-state index is 13.7. The number of hydrogen-bond acceptors (Lipinski definition) is 4. The van der Waals surface area contributed by atoms with Gasteiger partial charge in [-0.3, -0.25) is 14.5 Å². The molecule has 4 aliphatic carbocycles. The van der Waals surface area contributed by atoms with Crippen molar-refractivity contribution in [2.24, 2.45) is 35.1 Å². The molecule has 1 saturated heterocycles. The second kappa shape index (κ2) is 9.61. The van der Waals surface area contributed by atoms with Crippen molar-refractivity contribution >= 4 is 11.8 Å². The van der Waals surface area contributed by atoms with Gasteiger partial charge in [0.2, 0.25) is 11.8 Å². The van der Waals surface area contributed by atoms with Crippen molar-refractivity contribution in [1.82, 2.24) is 10.2 Å². The first kappa shape index (κ1) is 22.6. The minimum absolute atomic E-state index is 0.0221. The molecule has 2 amide bonds. The van der Waals surface area contributed by atoms with E-state index >= 15 is 0 Å².